The third-order valence-corrected chi connectivity index (χ3v) is 5.18. The highest BCUT2D eigenvalue weighted by atomic mass is 32.1. The Morgan fingerprint density at radius 3 is 3.05 bits per heavy atom. The van der Waals surface area contributed by atoms with E-state index < -0.39 is 0 Å². The molecule has 2 fully saturated rings. The molecule has 19 heavy (non-hydrogen) atoms. The number of fused-ring (bicyclic) bond motifs is 1. The fourth-order valence-electron chi connectivity index (χ4n) is 3.43. The summed E-state index contributed by atoms with van der Waals surface area (Å²) in [7, 11) is 3.80. The topological polar surface area (TPSA) is 48.5 Å². The maximum absolute atomic E-state index is 11.8. The summed E-state index contributed by atoms with van der Waals surface area (Å²) in [5.41, 5.74) is 0. The number of rotatable bonds is 3. The Kier molecular flexibility index (Phi) is 3.56. The van der Waals surface area contributed by atoms with Gasteiger partial charge in [0.25, 0.3) is 0 Å². The lowest BCUT2D eigenvalue weighted by Gasteiger charge is -2.25. The average molecular weight is 280 g/mol. The molecule has 2 saturated heterocycles. The van der Waals surface area contributed by atoms with Crippen LogP contribution >= 0.6 is 11.3 Å². The molecule has 2 aliphatic rings. The van der Waals surface area contributed by atoms with Gasteiger partial charge in [-0.2, -0.15) is 0 Å². The summed E-state index contributed by atoms with van der Waals surface area (Å²) < 4.78 is 0. The molecule has 0 aromatic carbocycles. The van der Waals surface area contributed by atoms with Crippen LogP contribution in [-0.2, 0) is 11.3 Å². The van der Waals surface area contributed by atoms with Gasteiger partial charge in [-0.15, -0.1) is 11.3 Å². The highest BCUT2D eigenvalue weighted by molar-refractivity contribution is 7.09. The zero-order valence-corrected chi connectivity index (χ0v) is 12.2. The first kappa shape index (κ1) is 13.0. The van der Waals surface area contributed by atoms with E-state index in [2.05, 4.69) is 27.1 Å². The molecule has 3 heterocycles. The molecular weight excluding hydrogens is 260 g/mol. The summed E-state index contributed by atoms with van der Waals surface area (Å²) in [6.07, 6.45) is 2.85. The first-order valence-electron chi connectivity index (χ1n) is 6.73. The molecule has 3 atom stereocenters. The normalized spacial score (nSPS) is 31.6. The lowest BCUT2D eigenvalue weighted by Crippen LogP contribution is -2.44. The number of nitrogens with one attached hydrogen (secondary N) is 1. The van der Waals surface area contributed by atoms with Gasteiger partial charge in [-0.3, -0.25) is 14.6 Å². The molecule has 1 N–H and O–H groups in total. The Bertz CT molecular complexity index is 450. The third kappa shape index (κ3) is 2.40. The molecular formula is C13H20N4OS. The van der Waals surface area contributed by atoms with Gasteiger partial charge in [-0.25, -0.2) is 4.98 Å². The number of thiazole rings is 1. The molecule has 1 amide bonds. The minimum absolute atomic E-state index is 0.0574. The number of hydrogen-bond acceptors (Lipinski definition) is 5. The van der Waals surface area contributed by atoms with Crippen LogP contribution in [-0.4, -0.2) is 60.0 Å². The molecule has 1 aromatic heterocycles. The van der Waals surface area contributed by atoms with Crippen LogP contribution in [0.25, 0.3) is 0 Å². The van der Waals surface area contributed by atoms with Crippen molar-refractivity contribution in [2.45, 2.75) is 25.0 Å². The molecule has 0 aliphatic carbocycles. The second-order valence-electron chi connectivity index (χ2n) is 5.48. The summed E-state index contributed by atoms with van der Waals surface area (Å²) in [5, 5.41) is 5.99. The molecule has 0 spiro atoms. The van der Waals surface area contributed by atoms with Crippen LogP contribution < -0.4 is 5.32 Å². The number of carbonyl (C=O) groups excluding carboxylic acids is 1. The Morgan fingerprint density at radius 1 is 1.58 bits per heavy atom. The van der Waals surface area contributed by atoms with Crippen molar-refractivity contribution >= 4 is 17.2 Å². The van der Waals surface area contributed by atoms with Crippen LogP contribution in [0.5, 0.6) is 0 Å². The van der Waals surface area contributed by atoms with Crippen molar-refractivity contribution in [3.05, 3.63) is 16.6 Å². The summed E-state index contributed by atoms with van der Waals surface area (Å²) >= 11 is 1.72. The largest absolute Gasteiger partial charge is 0.358 e. The zero-order valence-electron chi connectivity index (χ0n) is 11.4. The minimum atomic E-state index is 0.0574. The Hall–Kier alpha value is -0.980. The first-order chi connectivity index (χ1) is 9.19. The molecule has 0 saturated carbocycles. The third-order valence-electron chi connectivity index (χ3n) is 4.41. The summed E-state index contributed by atoms with van der Waals surface area (Å²) in [4.78, 5) is 20.9. The van der Waals surface area contributed by atoms with Crippen molar-refractivity contribution in [1.82, 2.24) is 20.1 Å². The van der Waals surface area contributed by atoms with E-state index in [1.165, 1.54) is 5.01 Å². The summed E-state index contributed by atoms with van der Waals surface area (Å²) in [5.74, 6) is 0.774. The Morgan fingerprint density at radius 2 is 2.42 bits per heavy atom. The number of hydrogen-bond donors (Lipinski definition) is 1. The fraction of sp³-hybridized carbons (Fsp3) is 0.692. The number of likely N-dealkylation sites (N-methyl/N-ethyl adjacent to an activating group) is 2. The van der Waals surface area contributed by atoms with Crippen LogP contribution in [0, 0.1) is 5.92 Å². The van der Waals surface area contributed by atoms with Crippen LogP contribution in [0.4, 0.5) is 0 Å². The van der Waals surface area contributed by atoms with E-state index in [0.29, 0.717) is 12.0 Å². The number of nitrogens with zero attached hydrogens (tertiary/aromatic N) is 3. The standard InChI is InChI=1S/C13H20N4OS/c1-14-13(18)10-5-9-6-17(7-11(9)16(10)2)8-12-15-3-4-19-12/h3-4,9-11H,5-8H2,1-2H3,(H,14,18)/t9-,10-,11+/m0/s1. The van der Waals surface area contributed by atoms with Crippen LogP contribution in [0.2, 0.25) is 0 Å². The minimum Gasteiger partial charge on any atom is -0.358 e. The molecule has 0 unspecified atom stereocenters. The van der Waals surface area contributed by atoms with Crippen molar-refractivity contribution < 1.29 is 4.79 Å². The van der Waals surface area contributed by atoms with Crippen molar-refractivity contribution in [2.24, 2.45) is 5.92 Å². The molecule has 3 rings (SSSR count). The van der Waals surface area contributed by atoms with Gasteiger partial charge in [-0.05, 0) is 19.4 Å². The number of carbonyl (C=O) groups is 1. The number of likely N-dealkylation sites (tertiary alicyclic amines) is 2. The average Bonchev–Trinajstić information content (AvgIpc) is 3.09. The predicted octanol–water partition coefficient (Wildman–Crippen LogP) is 0.394. The monoisotopic (exact) mass is 280 g/mol. The van der Waals surface area contributed by atoms with Gasteiger partial charge in [0.1, 0.15) is 5.01 Å². The molecule has 6 heteroatoms. The van der Waals surface area contributed by atoms with Gasteiger partial charge in [0.15, 0.2) is 0 Å². The zero-order chi connectivity index (χ0) is 13.4. The van der Waals surface area contributed by atoms with Crippen LogP contribution in [0.15, 0.2) is 11.6 Å². The Balaban J connectivity index is 1.61. The highest BCUT2D eigenvalue weighted by Gasteiger charge is 2.46. The van der Waals surface area contributed by atoms with Gasteiger partial charge >= 0.3 is 0 Å². The van der Waals surface area contributed by atoms with E-state index in [4.69, 9.17) is 0 Å². The van der Waals surface area contributed by atoms with Gasteiger partial charge in [0.2, 0.25) is 5.91 Å². The second kappa shape index (κ2) is 5.19. The van der Waals surface area contributed by atoms with E-state index in [0.717, 1.165) is 26.1 Å². The number of aromatic nitrogens is 1. The lowest BCUT2D eigenvalue weighted by atomic mass is 10.0. The van der Waals surface area contributed by atoms with Gasteiger partial charge in [0, 0.05) is 37.8 Å². The molecule has 5 nitrogen and oxygen atoms in total. The SMILES string of the molecule is CNC(=O)[C@@H]1C[C@H]2CN(Cc3nccs3)C[C@H]2N1C. The highest BCUT2D eigenvalue weighted by Crippen LogP contribution is 2.35. The maximum atomic E-state index is 11.8. The van der Waals surface area contributed by atoms with Crippen molar-refractivity contribution in [3.63, 3.8) is 0 Å². The summed E-state index contributed by atoms with van der Waals surface area (Å²) in [6, 6.07) is 0.573. The van der Waals surface area contributed by atoms with Crippen molar-refractivity contribution in [3.8, 4) is 0 Å². The molecule has 0 radical (unpaired) electrons. The van der Waals surface area contributed by atoms with Gasteiger partial charge < -0.3 is 5.32 Å². The Labute approximate surface area is 117 Å². The quantitative estimate of drug-likeness (QED) is 0.870. The maximum Gasteiger partial charge on any atom is 0.237 e. The molecule has 104 valence electrons. The lowest BCUT2D eigenvalue weighted by molar-refractivity contribution is -0.125. The summed E-state index contributed by atoms with van der Waals surface area (Å²) in [6.45, 7) is 3.08. The molecule has 1 aromatic rings. The van der Waals surface area contributed by atoms with Crippen LogP contribution in [0.1, 0.15) is 11.4 Å². The molecule has 0 bridgehead atoms. The van der Waals surface area contributed by atoms with Crippen molar-refractivity contribution in [1.29, 1.82) is 0 Å². The second-order valence-corrected chi connectivity index (χ2v) is 6.46. The first-order valence-corrected chi connectivity index (χ1v) is 7.61. The van der Waals surface area contributed by atoms with E-state index in [9.17, 15) is 4.79 Å². The van der Waals surface area contributed by atoms with E-state index >= 15 is 0 Å². The molecule has 2 aliphatic heterocycles. The van der Waals surface area contributed by atoms with Gasteiger partial charge in [0.05, 0.1) is 12.6 Å². The number of amides is 1. The smallest absolute Gasteiger partial charge is 0.237 e. The van der Waals surface area contributed by atoms with Crippen molar-refractivity contribution in [2.75, 3.05) is 27.2 Å². The van der Waals surface area contributed by atoms with Gasteiger partial charge in [-0.1, -0.05) is 0 Å². The van der Waals surface area contributed by atoms with E-state index in [1.807, 2.05) is 11.6 Å². The van der Waals surface area contributed by atoms with E-state index in [-0.39, 0.29) is 11.9 Å². The van der Waals surface area contributed by atoms with E-state index in [1.54, 1.807) is 18.4 Å². The van der Waals surface area contributed by atoms with Crippen LogP contribution in [0.3, 0.4) is 0 Å². The fourth-order valence-corrected chi connectivity index (χ4v) is 4.09. The predicted molar refractivity (Wildman–Crippen MR) is 74.9 cm³/mol.